The highest BCUT2D eigenvalue weighted by Gasteiger charge is 2.54. The molecule has 2 heterocycles. The summed E-state index contributed by atoms with van der Waals surface area (Å²) in [6, 6.07) is 27.3. The maximum absolute atomic E-state index is 3.87. The first kappa shape index (κ1) is 19.2. The van der Waals surface area contributed by atoms with Crippen molar-refractivity contribution in [1.82, 2.24) is 5.32 Å². The van der Waals surface area contributed by atoms with Crippen LogP contribution in [0.25, 0.3) is 16.7 Å². The fourth-order valence-corrected chi connectivity index (χ4v) is 12.1. The van der Waals surface area contributed by atoms with Crippen LogP contribution in [-0.4, -0.2) is 11.8 Å². The van der Waals surface area contributed by atoms with Crippen molar-refractivity contribution in [1.29, 1.82) is 0 Å². The molecule has 0 saturated heterocycles. The Morgan fingerprint density at radius 1 is 0.706 bits per heavy atom. The van der Waals surface area contributed by atoms with Crippen LogP contribution in [0.4, 0.5) is 0 Å². The zero-order valence-electron chi connectivity index (χ0n) is 18.6. The summed E-state index contributed by atoms with van der Waals surface area (Å²) in [6.07, 6.45) is 11.5. The summed E-state index contributed by atoms with van der Waals surface area (Å²) in [5.74, 6) is 7.35. The molecule has 3 aromatic carbocycles. The molecule has 8 rings (SSSR count). The van der Waals surface area contributed by atoms with E-state index < -0.39 is 6.57 Å². The Morgan fingerprint density at radius 2 is 1.32 bits per heavy atom. The van der Waals surface area contributed by atoms with E-state index in [0.29, 0.717) is 0 Å². The summed E-state index contributed by atoms with van der Waals surface area (Å²) in [5.41, 5.74) is 12.4. The number of fused-ring (bicyclic) bond motifs is 10. The lowest BCUT2D eigenvalue weighted by molar-refractivity contribution is 0.775. The highest BCUT2D eigenvalue weighted by atomic mass is 32.1. The number of benzene rings is 3. The normalized spacial score (nSPS) is 26.2. The van der Waals surface area contributed by atoms with Gasteiger partial charge < -0.3 is 5.32 Å². The van der Waals surface area contributed by atoms with E-state index in [1.54, 1.807) is 0 Å². The lowest BCUT2D eigenvalue weighted by Crippen LogP contribution is -2.28. The fraction of sp³-hybridized carbons (Fsp3) is 0.0645. The van der Waals surface area contributed by atoms with Gasteiger partial charge in [0.05, 0.1) is 11.5 Å². The molecule has 3 heteroatoms. The standard InChI is InChI=1S/C31H23NP2/c1-8-16-34(17-9-1)20-30(33-34)32-21-18-25-24-12-4-7-15-28(24)31(29(25)19-21)26-13-5-2-10-22(26)23-11-3-6-14-27(23)31/h1-21,32-33H. The minimum absolute atomic E-state index is 0.221. The number of nitrogens with one attached hydrogen (secondary N) is 1. The molecule has 1 nitrogen and oxygen atoms in total. The fourth-order valence-electron chi connectivity index (χ4n) is 6.56. The van der Waals surface area contributed by atoms with E-state index in [4.69, 9.17) is 0 Å². The van der Waals surface area contributed by atoms with Crippen LogP contribution in [0.5, 0.6) is 0 Å². The molecule has 3 unspecified atom stereocenters. The zero-order valence-corrected chi connectivity index (χ0v) is 20.5. The molecule has 1 N–H and O–H groups in total. The van der Waals surface area contributed by atoms with Crippen molar-refractivity contribution in [2.45, 2.75) is 11.5 Å². The van der Waals surface area contributed by atoms with Crippen LogP contribution in [0.3, 0.4) is 0 Å². The summed E-state index contributed by atoms with van der Waals surface area (Å²) < 4.78 is 0. The predicted molar refractivity (Wildman–Crippen MR) is 149 cm³/mol. The second kappa shape index (κ2) is 6.73. The largest absolute Gasteiger partial charge is 0.375 e. The molecular weight excluding hydrogens is 448 g/mol. The quantitative estimate of drug-likeness (QED) is 0.380. The van der Waals surface area contributed by atoms with Gasteiger partial charge in [-0.05, 0) is 65.2 Å². The highest BCUT2D eigenvalue weighted by Crippen LogP contribution is 2.78. The van der Waals surface area contributed by atoms with Crippen molar-refractivity contribution >= 4 is 26.2 Å². The lowest BCUT2D eigenvalue weighted by atomic mass is 9.70. The Bertz CT molecular complexity index is 1580. The van der Waals surface area contributed by atoms with Crippen LogP contribution in [0.2, 0.25) is 0 Å². The van der Waals surface area contributed by atoms with Gasteiger partial charge in [0, 0.05) is 5.44 Å². The van der Waals surface area contributed by atoms with Crippen molar-refractivity contribution in [3.63, 3.8) is 0 Å². The molecule has 0 aromatic heterocycles. The van der Waals surface area contributed by atoms with E-state index in [-0.39, 0.29) is 11.5 Å². The molecule has 3 atom stereocenters. The van der Waals surface area contributed by atoms with Crippen molar-refractivity contribution in [2.24, 2.45) is 0 Å². The van der Waals surface area contributed by atoms with Gasteiger partial charge in [-0.1, -0.05) is 115 Å². The van der Waals surface area contributed by atoms with Gasteiger partial charge in [0.25, 0.3) is 0 Å². The Morgan fingerprint density at radius 3 is 1.97 bits per heavy atom. The first-order valence-electron chi connectivity index (χ1n) is 11.9. The lowest BCUT2D eigenvalue weighted by Gasteiger charge is -2.33. The first-order valence-corrected chi connectivity index (χ1v) is 15.7. The minimum atomic E-state index is -1.10. The van der Waals surface area contributed by atoms with Crippen LogP contribution in [0.1, 0.15) is 22.3 Å². The van der Waals surface area contributed by atoms with Gasteiger partial charge in [0.1, 0.15) is 0 Å². The molecule has 0 amide bonds. The smallest absolute Gasteiger partial charge is 0.0723 e. The van der Waals surface area contributed by atoms with Crippen molar-refractivity contribution in [3.05, 3.63) is 148 Å². The highest BCUT2D eigenvalue weighted by molar-refractivity contribution is 8.37. The number of allylic oxidation sites excluding steroid dienone is 5. The van der Waals surface area contributed by atoms with Crippen molar-refractivity contribution < 1.29 is 0 Å². The molecule has 2 spiro atoms. The van der Waals surface area contributed by atoms with Gasteiger partial charge in [-0.2, -0.15) is 0 Å². The Kier molecular flexibility index (Phi) is 3.80. The minimum Gasteiger partial charge on any atom is -0.375 e. The third-order valence-electron chi connectivity index (χ3n) is 7.83. The SMILES string of the molecule is C1=CC=P2(C=C1)C=C(NC1C=C3C(=C1)C1(c4ccccc43)c3ccccc3-c3ccccc31)P2. The van der Waals surface area contributed by atoms with E-state index in [1.165, 1.54) is 50.0 Å². The molecule has 0 saturated carbocycles. The molecular formula is C31H23NP2. The third kappa shape index (κ3) is 2.35. The Balaban J connectivity index is 1.30. The van der Waals surface area contributed by atoms with Gasteiger partial charge >= 0.3 is 0 Å². The summed E-state index contributed by atoms with van der Waals surface area (Å²) in [4.78, 5) is 0. The summed E-state index contributed by atoms with van der Waals surface area (Å²) in [7, 11) is 0.873. The van der Waals surface area contributed by atoms with Crippen LogP contribution in [0.15, 0.2) is 126 Å². The molecule has 5 aliphatic rings. The van der Waals surface area contributed by atoms with E-state index in [0.717, 1.165) is 8.27 Å². The van der Waals surface area contributed by atoms with E-state index in [1.807, 2.05) is 0 Å². The maximum Gasteiger partial charge on any atom is 0.0723 e. The number of hydrogen-bond acceptors (Lipinski definition) is 1. The molecule has 2 aliphatic heterocycles. The van der Waals surface area contributed by atoms with Crippen molar-refractivity contribution in [2.75, 3.05) is 0 Å². The predicted octanol–water partition coefficient (Wildman–Crippen LogP) is 7.61. The van der Waals surface area contributed by atoms with E-state index >= 15 is 0 Å². The summed E-state index contributed by atoms with van der Waals surface area (Å²) in [6.45, 7) is -1.10. The molecule has 0 fully saturated rings. The molecule has 162 valence electrons. The molecule has 0 bridgehead atoms. The molecule has 34 heavy (non-hydrogen) atoms. The van der Waals surface area contributed by atoms with Crippen LogP contribution >= 0.6 is 14.8 Å². The second-order valence-electron chi connectivity index (χ2n) is 9.58. The van der Waals surface area contributed by atoms with E-state index in [2.05, 4.69) is 126 Å². The second-order valence-corrected chi connectivity index (χ2v) is 15.9. The zero-order chi connectivity index (χ0) is 22.3. The Labute approximate surface area is 202 Å². The van der Waals surface area contributed by atoms with Gasteiger partial charge in [0.2, 0.25) is 0 Å². The first-order chi connectivity index (χ1) is 16.8. The molecule has 3 aliphatic carbocycles. The monoisotopic (exact) mass is 471 g/mol. The van der Waals surface area contributed by atoms with E-state index in [9.17, 15) is 0 Å². The van der Waals surface area contributed by atoms with Gasteiger partial charge in [-0.3, -0.25) is 0 Å². The Hall–Kier alpha value is -3.11. The van der Waals surface area contributed by atoms with Gasteiger partial charge in [-0.15, -0.1) is 0 Å². The summed E-state index contributed by atoms with van der Waals surface area (Å²) in [5, 5.41) is 3.87. The number of rotatable bonds is 2. The van der Waals surface area contributed by atoms with Crippen LogP contribution in [0, 0.1) is 0 Å². The maximum atomic E-state index is 3.87. The summed E-state index contributed by atoms with van der Waals surface area (Å²) >= 11 is 0. The average Bonchev–Trinajstić information content (AvgIpc) is 3.49. The topological polar surface area (TPSA) is 12.0 Å². The van der Waals surface area contributed by atoms with Gasteiger partial charge in [0.15, 0.2) is 0 Å². The third-order valence-corrected chi connectivity index (χ3v) is 14.2. The number of hydrogen-bond donors (Lipinski definition) is 1. The van der Waals surface area contributed by atoms with Crippen LogP contribution in [-0.2, 0) is 5.41 Å². The average molecular weight is 471 g/mol. The van der Waals surface area contributed by atoms with Crippen LogP contribution < -0.4 is 5.32 Å². The molecule has 3 aromatic rings. The van der Waals surface area contributed by atoms with Gasteiger partial charge in [-0.25, -0.2) is 0 Å². The molecule has 0 radical (unpaired) electrons. The van der Waals surface area contributed by atoms with Crippen molar-refractivity contribution in [3.8, 4) is 11.1 Å².